The van der Waals surface area contributed by atoms with Gasteiger partial charge < -0.3 is 18.8 Å². The van der Waals surface area contributed by atoms with Gasteiger partial charge in [0.2, 0.25) is 5.88 Å². The molecule has 2 aromatic heterocycles. The second-order valence-electron chi connectivity index (χ2n) is 6.31. The van der Waals surface area contributed by atoms with E-state index in [-0.39, 0.29) is 12.0 Å². The molecule has 1 fully saturated rings. The van der Waals surface area contributed by atoms with Crippen LogP contribution in [0.3, 0.4) is 0 Å². The average Bonchev–Trinajstić information content (AvgIpc) is 3.29. The number of carbonyl (C=O) groups excluding carboxylic acids is 1. The SMILES string of the molecule is COc1ccc2oc(C(=O)N3CCC(Oc4ccc(C)nn4)C3)cc2c1. The van der Waals surface area contributed by atoms with Gasteiger partial charge in [-0.15, -0.1) is 5.10 Å². The minimum absolute atomic E-state index is 0.0968. The van der Waals surface area contributed by atoms with Crippen LogP contribution in [0.25, 0.3) is 11.0 Å². The maximum Gasteiger partial charge on any atom is 0.289 e. The second-order valence-corrected chi connectivity index (χ2v) is 6.31. The van der Waals surface area contributed by atoms with Crippen LogP contribution < -0.4 is 9.47 Å². The zero-order valence-electron chi connectivity index (χ0n) is 14.6. The fourth-order valence-electron chi connectivity index (χ4n) is 3.04. The van der Waals surface area contributed by atoms with E-state index in [9.17, 15) is 4.79 Å². The van der Waals surface area contributed by atoms with Crippen LogP contribution in [-0.2, 0) is 0 Å². The minimum atomic E-state index is -0.138. The van der Waals surface area contributed by atoms with E-state index in [0.29, 0.717) is 30.3 Å². The van der Waals surface area contributed by atoms with Gasteiger partial charge in [0.1, 0.15) is 17.4 Å². The number of fused-ring (bicyclic) bond motifs is 1. The third kappa shape index (κ3) is 3.20. The molecule has 0 bridgehead atoms. The third-order valence-corrected chi connectivity index (χ3v) is 4.43. The lowest BCUT2D eigenvalue weighted by Gasteiger charge is -2.15. The maximum absolute atomic E-state index is 12.7. The first-order chi connectivity index (χ1) is 12.6. The number of aryl methyl sites for hydroxylation is 1. The molecule has 7 heteroatoms. The van der Waals surface area contributed by atoms with Crippen LogP contribution in [0.15, 0.2) is 40.8 Å². The fraction of sp³-hybridized carbons (Fsp3) is 0.316. The number of nitrogens with zero attached hydrogens (tertiary/aromatic N) is 3. The molecule has 1 saturated heterocycles. The summed E-state index contributed by atoms with van der Waals surface area (Å²) in [5.74, 6) is 1.39. The van der Waals surface area contributed by atoms with Crippen molar-refractivity contribution >= 4 is 16.9 Å². The molecule has 1 atom stereocenters. The summed E-state index contributed by atoms with van der Waals surface area (Å²) in [5, 5.41) is 8.83. The van der Waals surface area contributed by atoms with E-state index in [1.165, 1.54) is 0 Å². The number of methoxy groups -OCH3 is 1. The van der Waals surface area contributed by atoms with E-state index in [1.54, 1.807) is 30.2 Å². The fourth-order valence-corrected chi connectivity index (χ4v) is 3.04. The van der Waals surface area contributed by atoms with Crippen LogP contribution in [-0.4, -0.2) is 47.3 Å². The molecule has 26 heavy (non-hydrogen) atoms. The van der Waals surface area contributed by atoms with Gasteiger partial charge in [-0.05, 0) is 37.3 Å². The van der Waals surface area contributed by atoms with Crippen molar-refractivity contribution in [1.82, 2.24) is 15.1 Å². The Labute approximate surface area is 150 Å². The summed E-state index contributed by atoms with van der Waals surface area (Å²) in [6.07, 6.45) is 0.649. The number of rotatable bonds is 4. The summed E-state index contributed by atoms with van der Waals surface area (Å²) in [5.41, 5.74) is 1.50. The molecule has 0 aliphatic carbocycles. The standard InChI is InChI=1S/C19H19N3O4/c1-12-3-6-18(21-20-12)25-15-7-8-22(11-15)19(23)17-10-13-9-14(24-2)4-5-16(13)26-17/h3-6,9-10,15H,7-8,11H2,1-2H3. The number of furan rings is 1. The van der Waals surface area contributed by atoms with Crippen LogP contribution in [0.5, 0.6) is 11.6 Å². The monoisotopic (exact) mass is 353 g/mol. The largest absolute Gasteiger partial charge is 0.497 e. The van der Waals surface area contributed by atoms with Gasteiger partial charge in [-0.1, -0.05) is 0 Å². The Morgan fingerprint density at radius 3 is 2.88 bits per heavy atom. The van der Waals surface area contributed by atoms with E-state index < -0.39 is 0 Å². The van der Waals surface area contributed by atoms with Crippen molar-refractivity contribution in [3.05, 3.63) is 47.9 Å². The molecule has 1 amide bonds. The predicted molar refractivity (Wildman–Crippen MR) is 94.5 cm³/mol. The molecule has 3 aromatic rings. The first-order valence-corrected chi connectivity index (χ1v) is 8.46. The molecule has 0 spiro atoms. The van der Waals surface area contributed by atoms with E-state index in [4.69, 9.17) is 13.9 Å². The van der Waals surface area contributed by atoms with Gasteiger partial charge >= 0.3 is 0 Å². The number of carbonyl (C=O) groups is 1. The van der Waals surface area contributed by atoms with Gasteiger partial charge in [-0.2, -0.15) is 5.10 Å². The lowest BCUT2D eigenvalue weighted by atomic mass is 10.2. The second kappa shape index (κ2) is 6.67. The molecule has 1 aliphatic heterocycles. The number of hydrogen-bond acceptors (Lipinski definition) is 6. The third-order valence-electron chi connectivity index (χ3n) is 4.43. The van der Waals surface area contributed by atoms with E-state index in [1.807, 2.05) is 25.1 Å². The number of aromatic nitrogens is 2. The minimum Gasteiger partial charge on any atom is -0.497 e. The van der Waals surface area contributed by atoms with Crippen molar-refractivity contribution in [2.75, 3.05) is 20.2 Å². The molecular weight excluding hydrogens is 334 g/mol. The molecule has 134 valence electrons. The lowest BCUT2D eigenvalue weighted by molar-refractivity contribution is 0.0742. The zero-order chi connectivity index (χ0) is 18.1. The number of hydrogen-bond donors (Lipinski definition) is 0. The quantitative estimate of drug-likeness (QED) is 0.718. The van der Waals surface area contributed by atoms with E-state index in [0.717, 1.165) is 23.3 Å². The summed E-state index contributed by atoms with van der Waals surface area (Å²) in [7, 11) is 1.61. The predicted octanol–water partition coefficient (Wildman–Crippen LogP) is 2.83. The highest BCUT2D eigenvalue weighted by atomic mass is 16.5. The molecule has 7 nitrogen and oxygen atoms in total. The highest BCUT2D eigenvalue weighted by molar-refractivity contribution is 5.96. The van der Waals surface area contributed by atoms with Crippen molar-refractivity contribution in [3.8, 4) is 11.6 Å². The molecule has 0 radical (unpaired) electrons. The molecule has 3 heterocycles. The Balaban J connectivity index is 1.44. The Hall–Kier alpha value is -3.09. The molecule has 1 aromatic carbocycles. The van der Waals surface area contributed by atoms with Crippen LogP contribution in [0.1, 0.15) is 22.7 Å². The number of amides is 1. The van der Waals surface area contributed by atoms with Crippen LogP contribution in [0, 0.1) is 6.92 Å². The van der Waals surface area contributed by atoms with Crippen molar-refractivity contribution in [2.45, 2.75) is 19.4 Å². The van der Waals surface area contributed by atoms with Gasteiger partial charge in [0.25, 0.3) is 5.91 Å². The number of benzene rings is 1. The van der Waals surface area contributed by atoms with Gasteiger partial charge in [-0.25, -0.2) is 0 Å². The van der Waals surface area contributed by atoms with Gasteiger partial charge in [0.15, 0.2) is 5.76 Å². The molecule has 0 N–H and O–H groups in total. The van der Waals surface area contributed by atoms with E-state index in [2.05, 4.69) is 10.2 Å². The molecule has 0 saturated carbocycles. The summed E-state index contributed by atoms with van der Waals surface area (Å²) in [6.45, 7) is 2.98. The molecular formula is C19H19N3O4. The van der Waals surface area contributed by atoms with Crippen LogP contribution in [0.2, 0.25) is 0 Å². The van der Waals surface area contributed by atoms with E-state index >= 15 is 0 Å². The normalized spacial score (nSPS) is 16.8. The van der Waals surface area contributed by atoms with Gasteiger partial charge in [-0.3, -0.25) is 4.79 Å². The van der Waals surface area contributed by atoms with Gasteiger partial charge in [0, 0.05) is 24.4 Å². The smallest absolute Gasteiger partial charge is 0.289 e. The van der Waals surface area contributed by atoms with Crippen LogP contribution in [0.4, 0.5) is 0 Å². The molecule has 4 rings (SSSR count). The number of likely N-dealkylation sites (tertiary alicyclic amines) is 1. The Bertz CT molecular complexity index is 936. The topological polar surface area (TPSA) is 77.7 Å². The lowest BCUT2D eigenvalue weighted by Crippen LogP contribution is -2.30. The molecule has 1 unspecified atom stereocenters. The number of ether oxygens (including phenoxy) is 2. The zero-order valence-corrected chi connectivity index (χ0v) is 14.6. The Morgan fingerprint density at radius 1 is 1.23 bits per heavy atom. The summed E-state index contributed by atoms with van der Waals surface area (Å²) >= 11 is 0. The first-order valence-electron chi connectivity index (χ1n) is 8.46. The van der Waals surface area contributed by atoms with Crippen LogP contribution >= 0.6 is 0 Å². The van der Waals surface area contributed by atoms with Crippen molar-refractivity contribution < 1.29 is 18.7 Å². The van der Waals surface area contributed by atoms with Gasteiger partial charge in [0.05, 0.1) is 19.3 Å². The Kier molecular flexibility index (Phi) is 4.20. The average molecular weight is 353 g/mol. The van der Waals surface area contributed by atoms with Crippen molar-refractivity contribution in [2.24, 2.45) is 0 Å². The summed E-state index contributed by atoms with van der Waals surface area (Å²) < 4.78 is 16.7. The highest BCUT2D eigenvalue weighted by Crippen LogP contribution is 2.26. The summed E-state index contributed by atoms with van der Waals surface area (Å²) in [6, 6.07) is 10.9. The maximum atomic E-state index is 12.7. The first kappa shape index (κ1) is 16.4. The van der Waals surface area contributed by atoms with Crippen molar-refractivity contribution in [3.63, 3.8) is 0 Å². The molecule has 1 aliphatic rings. The van der Waals surface area contributed by atoms with Crippen molar-refractivity contribution in [1.29, 1.82) is 0 Å². The Morgan fingerprint density at radius 2 is 2.12 bits per heavy atom. The summed E-state index contributed by atoms with van der Waals surface area (Å²) in [4.78, 5) is 14.5. The highest BCUT2D eigenvalue weighted by Gasteiger charge is 2.30.